The molecule has 4 rings (SSSR count). The van der Waals surface area contributed by atoms with E-state index < -0.39 is 0 Å². The molecule has 3 aliphatic rings. The number of fused-ring (bicyclic) bond motifs is 4. The number of amidine groups is 1. The van der Waals surface area contributed by atoms with Crippen molar-refractivity contribution in [1.29, 1.82) is 0 Å². The van der Waals surface area contributed by atoms with Gasteiger partial charge in [0.1, 0.15) is 17.9 Å². The normalized spacial score (nSPS) is 26.7. The predicted octanol–water partition coefficient (Wildman–Crippen LogP) is 1.10. The van der Waals surface area contributed by atoms with E-state index in [0.717, 1.165) is 29.5 Å². The van der Waals surface area contributed by atoms with Crippen LogP contribution in [0.25, 0.3) is 0 Å². The minimum absolute atomic E-state index is 0.0850. The first kappa shape index (κ1) is 12.8. The molecule has 2 atom stereocenters. The van der Waals surface area contributed by atoms with Crippen molar-refractivity contribution in [1.82, 2.24) is 20.3 Å². The van der Waals surface area contributed by atoms with Gasteiger partial charge in [0.25, 0.3) is 0 Å². The van der Waals surface area contributed by atoms with E-state index in [1.807, 2.05) is 5.51 Å². The van der Waals surface area contributed by atoms with Crippen LogP contribution >= 0.6 is 11.3 Å². The average molecular weight is 305 g/mol. The second-order valence-electron chi connectivity index (χ2n) is 5.06. The molecule has 2 amide bonds. The molecule has 2 bridgehead atoms. The van der Waals surface area contributed by atoms with E-state index in [1.165, 1.54) is 5.06 Å². The summed E-state index contributed by atoms with van der Waals surface area (Å²) in [6, 6.07) is -0.429. The number of aliphatic imine (C=N–C) groups is 1. The third kappa shape index (κ3) is 1.79. The number of urea groups is 1. The van der Waals surface area contributed by atoms with Crippen LogP contribution in [0.3, 0.4) is 0 Å². The first-order valence-corrected chi connectivity index (χ1v) is 7.74. The zero-order valence-corrected chi connectivity index (χ0v) is 12.2. The van der Waals surface area contributed by atoms with Crippen molar-refractivity contribution in [2.45, 2.75) is 12.1 Å². The molecule has 0 spiro atoms. The number of nitrogens with zero attached hydrogens (tertiary/aromatic N) is 4. The van der Waals surface area contributed by atoms with E-state index in [9.17, 15) is 4.79 Å². The molecule has 1 fully saturated rings. The molecule has 0 aromatic carbocycles. The Bertz CT molecular complexity index is 628. The fourth-order valence-corrected chi connectivity index (χ4v) is 3.92. The van der Waals surface area contributed by atoms with Crippen molar-refractivity contribution in [2.75, 3.05) is 26.2 Å². The Morgan fingerprint density at radius 3 is 3.29 bits per heavy atom. The van der Waals surface area contributed by atoms with Crippen LogP contribution in [0.15, 0.2) is 23.2 Å². The number of aromatic nitrogens is 1. The highest BCUT2D eigenvalue weighted by molar-refractivity contribution is 7.09. The fraction of sp³-hybridized carbons (Fsp3) is 0.462. The maximum Gasteiger partial charge on any atom is 0.345 e. The molecule has 1 aromatic heterocycles. The lowest BCUT2D eigenvalue weighted by Gasteiger charge is -2.29. The smallest absolute Gasteiger partial charge is 0.345 e. The second-order valence-corrected chi connectivity index (χ2v) is 5.95. The minimum atomic E-state index is -0.213. The molecular weight excluding hydrogens is 290 g/mol. The number of hydrogen-bond acceptors (Lipinski definition) is 6. The maximum absolute atomic E-state index is 12.6. The Morgan fingerprint density at radius 2 is 2.52 bits per heavy atom. The van der Waals surface area contributed by atoms with E-state index in [4.69, 9.17) is 4.84 Å². The zero-order chi connectivity index (χ0) is 14.4. The van der Waals surface area contributed by atoms with Gasteiger partial charge >= 0.3 is 6.03 Å². The van der Waals surface area contributed by atoms with Crippen LogP contribution in [0.1, 0.15) is 22.7 Å². The summed E-state index contributed by atoms with van der Waals surface area (Å²) in [7, 11) is 0. The Labute approximate surface area is 125 Å². The summed E-state index contributed by atoms with van der Waals surface area (Å²) in [4.78, 5) is 30.0. The molecule has 1 saturated heterocycles. The van der Waals surface area contributed by atoms with Crippen LogP contribution in [0.4, 0.5) is 4.79 Å². The fourth-order valence-electron chi connectivity index (χ4n) is 3.02. The van der Waals surface area contributed by atoms with Gasteiger partial charge in [-0.1, -0.05) is 6.08 Å². The van der Waals surface area contributed by atoms with Gasteiger partial charge in [-0.05, 0) is 0 Å². The Kier molecular flexibility index (Phi) is 2.93. The molecule has 1 aromatic rings. The molecule has 4 heterocycles. The number of nitrogens with one attached hydrogen (secondary N) is 1. The van der Waals surface area contributed by atoms with E-state index in [-0.39, 0.29) is 18.1 Å². The number of rotatable bonds is 4. The molecular formula is C13H15N5O2S. The Balaban J connectivity index is 1.74. The summed E-state index contributed by atoms with van der Waals surface area (Å²) in [6.07, 6.45) is 1.64. The van der Waals surface area contributed by atoms with E-state index >= 15 is 0 Å². The molecule has 7 nitrogen and oxygen atoms in total. The maximum atomic E-state index is 12.6. The van der Waals surface area contributed by atoms with E-state index in [0.29, 0.717) is 13.2 Å². The highest BCUT2D eigenvalue weighted by Crippen LogP contribution is 2.45. The highest BCUT2D eigenvalue weighted by Gasteiger charge is 2.51. The van der Waals surface area contributed by atoms with Crippen molar-refractivity contribution in [2.24, 2.45) is 4.99 Å². The highest BCUT2D eigenvalue weighted by atomic mass is 32.1. The van der Waals surface area contributed by atoms with Gasteiger partial charge in [-0.25, -0.2) is 9.78 Å². The van der Waals surface area contributed by atoms with Crippen LogP contribution in [0, 0.1) is 0 Å². The summed E-state index contributed by atoms with van der Waals surface area (Å²) in [5.41, 5.74) is 2.74. The lowest BCUT2D eigenvalue weighted by molar-refractivity contribution is -0.118. The summed E-state index contributed by atoms with van der Waals surface area (Å²) >= 11 is 1.57. The summed E-state index contributed by atoms with van der Waals surface area (Å²) in [6.45, 7) is 6.11. The number of amides is 2. The standard InChI is InChI=1S/C13H15N5O2S/c1-2-5-20-18-8-6-17(13(18)19)10(12-14-3-4-15-12)9-11(8)21-7-16-9/h2,7-8,10H,1,3-6H2,(H,14,15)/t8?,10-/m0/s1. The molecule has 0 saturated carbocycles. The van der Waals surface area contributed by atoms with Crippen molar-refractivity contribution in [3.63, 3.8) is 0 Å². The molecule has 0 aliphatic carbocycles. The van der Waals surface area contributed by atoms with Gasteiger partial charge in [-0.2, -0.15) is 5.06 Å². The largest absolute Gasteiger partial charge is 0.370 e. The predicted molar refractivity (Wildman–Crippen MR) is 78.0 cm³/mol. The van der Waals surface area contributed by atoms with E-state index in [1.54, 1.807) is 22.3 Å². The van der Waals surface area contributed by atoms with Gasteiger partial charge < -0.3 is 10.2 Å². The van der Waals surface area contributed by atoms with Crippen molar-refractivity contribution in [3.8, 4) is 0 Å². The van der Waals surface area contributed by atoms with Crippen LogP contribution in [-0.2, 0) is 4.84 Å². The van der Waals surface area contributed by atoms with Crippen LogP contribution in [0.2, 0.25) is 0 Å². The van der Waals surface area contributed by atoms with Crippen molar-refractivity contribution in [3.05, 3.63) is 28.7 Å². The number of hydroxylamine groups is 2. The van der Waals surface area contributed by atoms with Crippen molar-refractivity contribution < 1.29 is 9.63 Å². The SMILES string of the molecule is C=CCON1C(=O)N2CC1c1scnc1[C@H]2C1=NCCN1. The lowest BCUT2D eigenvalue weighted by Crippen LogP contribution is -2.42. The number of carbonyl (C=O) groups is 1. The lowest BCUT2D eigenvalue weighted by atomic mass is 10.0. The first-order chi connectivity index (χ1) is 10.3. The molecule has 1 N–H and O–H groups in total. The van der Waals surface area contributed by atoms with Gasteiger partial charge in [-0.3, -0.25) is 9.83 Å². The minimum Gasteiger partial charge on any atom is -0.370 e. The quantitative estimate of drug-likeness (QED) is 0.846. The van der Waals surface area contributed by atoms with Crippen LogP contribution < -0.4 is 5.32 Å². The molecule has 21 heavy (non-hydrogen) atoms. The van der Waals surface area contributed by atoms with Crippen LogP contribution in [0.5, 0.6) is 0 Å². The van der Waals surface area contributed by atoms with Gasteiger partial charge in [0.05, 0.1) is 35.8 Å². The van der Waals surface area contributed by atoms with Crippen LogP contribution in [-0.4, -0.2) is 53.1 Å². The van der Waals surface area contributed by atoms with Gasteiger partial charge in [0, 0.05) is 6.54 Å². The second kappa shape index (κ2) is 4.81. The van der Waals surface area contributed by atoms with Crippen molar-refractivity contribution >= 4 is 23.2 Å². The topological polar surface area (TPSA) is 70.1 Å². The summed E-state index contributed by atoms with van der Waals surface area (Å²) in [5, 5.41) is 4.72. The van der Waals surface area contributed by atoms with E-state index in [2.05, 4.69) is 21.9 Å². The van der Waals surface area contributed by atoms with Gasteiger partial charge in [0.2, 0.25) is 0 Å². The molecule has 1 unspecified atom stereocenters. The Morgan fingerprint density at radius 1 is 1.62 bits per heavy atom. The third-order valence-corrected chi connectivity index (χ3v) is 4.82. The monoisotopic (exact) mass is 305 g/mol. The van der Waals surface area contributed by atoms with Gasteiger partial charge in [-0.15, -0.1) is 17.9 Å². The molecule has 110 valence electrons. The Hall–Kier alpha value is -1.93. The summed E-state index contributed by atoms with van der Waals surface area (Å²) in [5.74, 6) is 0.833. The molecule has 3 aliphatic heterocycles. The average Bonchev–Trinajstić information content (AvgIpc) is 3.21. The van der Waals surface area contributed by atoms with Gasteiger partial charge in [0.15, 0.2) is 0 Å². The third-order valence-electron chi connectivity index (χ3n) is 3.87. The number of thiazole rings is 1. The zero-order valence-electron chi connectivity index (χ0n) is 11.4. The first-order valence-electron chi connectivity index (χ1n) is 6.86. The number of carbonyl (C=O) groups excluding carboxylic acids is 1. The molecule has 8 heteroatoms. The number of hydrogen-bond donors (Lipinski definition) is 1. The molecule has 0 radical (unpaired) electrons. The summed E-state index contributed by atoms with van der Waals surface area (Å²) < 4.78 is 0.